The topological polar surface area (TPSA) is 61.4 Å². The van der Waals surface area contributed by atoms with E-state index < -0.39 is 5.91 Å². The molecule has 0 heterocycles. The van der Waals surface area contributed by atoms with Gasteiger partial charge in [-0.05, 0) is 49.2 Å². The van der Waals surface area contributed by atoms with Crippen molar-refractivity contribution < 1.29 is 9.90 Å². The van der Waals surface area contributed by atoms with Gasteiger partial charge < -0.3 is 15.7 Å². The second-order valence-corrected chi connectivity index (χ2v) is 7.13. The molecule has 0 radical (unpaired) electrons. The van der Waals surface area contributed by atoms with E-state index in [4.69, 9.17) is 23.2 Å². The maximum atomic E-state index is 12.3. The average molecular weight is 379 g/mol. The van der Waals surface area contributed by atoms with Crippen molar-refractivity contribution in [2.45, 2.75) is 38.1 Å². The second kappa shape index (κ2) is 7.98. The lowest BCUT2D eigenvalue weighted by molar-refractivity contribution is 0.102. The first-order valence-electron chi connectivity index (χ1n) is 8.39. The van der Waals surface area contributed by atoms with Crippen LogP contribution in [0.4, 0.5) is 11.4 Å². The smallest absolute Gasteiger partial charge is 0.259 e. The number of hydrogen-bond acceptors (Lipinski definition) is 3. The fraction of sp³-hybridized carbons (Fsp3) is 0.316. The molecule has 25 heavy (non-hydrogen) atoms. The van der Waals surface area contributed by atoms with Gasteiger partial charge in [0.1, 0.15) is 5.75 Å². The van der Waals surface area contributed by atoms with Gasteiger partial charge in [0.05, 0.1) is 16.3 Å². The predicted molar refractivity (Wildman–Crippen MR) is 103 cm³/mol. The van der Waals surface area contributed by atoms with Crippen LogP contribution in [0.5, 0.6) is 5.75 Å². The summed E-state index contributed by atoms with van der Waals surface area (Å²) < 4.78 is 0. The largest absolute Gasteiger partial charge is 0.507 e. The van der Waals surface area contributed by atoms with Crippen LogP contribution in [-0.4, -0.2) is 17.1 Å². The minimum atomic E-state index is -0.463. The Labute approximate surface area is 157 Å². The van der Waals surface area contributed by atoms with E-state index in [-0.39, 0.29) is 11.3 Å². The molecule has 0 spiro atoms. The van der Waals surface area contributed by atoms with Gasteiger partial charge in [0.2, 0.25) is 0 Å². The molecule has 1 aliphatic carbocycles. The molecule has 0 bridgehead atoms. The first-order chi connectivity index (χ1) is 12.0. The van der Waals surface area contributed by atoms with Crippen LogP contribution in [0.25, 0.3) is 0 Å². The molecule has 4 nitrogen and oxygen atoms in total. The van der Waals surface area contributed by atoms with Crippen LogP contribution in [0.3, 0.4) is 0 Å². The summed E-state index contributed by atoms with van der Waals surface area (Å²) in [7, 11) is 0. The lowest BCUT2D eigenvalue weighted by Crippen LogP contribution is -2.22. The fourth-order valence-electron chi connectivity index (χ4n) is 3.07. The average Bonchev–Trinajstić information content (AvgIpc) is 2.60. The van der Waals surface area contributed by atoms with Crippen LogP contribution >= 0.6 is 23.2 Å². The van der Waals surface area contributed by atoms with E-state index in [0.717, 1.165) is 5.69 Å². The van der Waals surface area contributed by atoms with Gasteiger partial charge in [-0.3, -0.25) is 4.79 Å². The number of carbonyl (C=O) groups is 1. The van der Waals surface area contributed by atoms with E-state index >= 15 is 0 Å². The van der Waals surface area contributed by atoms with Crippen molar-refractivity contribution in [3.8, 4) is 5.75 Å². The van der Waals surface area contributed by atoms with Gasteiger partial charge in [-0.2, -0.15) is 0 Å². The van der Waals surface area contributed by atoms with Crippen LogP contribution < -0.4 is 10.6 Å². The highest BCUT2D eigenvalue weighted by Gasteiger charge is 2.15. The van der Waals surface area contributed by atoms with Crippen LogP contribution in [-0.2, 0) is 0 Å². The highest BCUT2D eigenvalue weighted by atomic mass is 35.5. The molecule has 1 amide bonds. The van der Waals surface area contributed by atoms with Crippen LogP contribution in [0.15, 0.2) is 36.4 Å². The van der Waals surface area contributed by atoms with Crippen molar-refractivity contribution in [2.75, 3.05) is 10.6 Å². The van der Waals surface area contributed by atoms with Crippen molar-refractivity contribution in [1.29, 1.82) is 0 Å². The van der Waals surface area contributed by atoms with Crippen molar-refractivity contribution in [3.63, 3.8) is 0 Å². The number of phenolic OH excluding ortho intramolecular Hbond substituents is 1. The Morgan fingerprint density at radius 1 is 1.04 bits per heavy atom. The van der Waals surface area contributed by atoms with E-state index in [2.05, 4.69) is 10.6 Å². The summed E-state index contributed by atoms with van der Waals surface area (Å²) in [6, 6.07) is 10.3. The minimum Gasteiger partial charge on any atom is -0.507 e. The molecule has 3 N–H and O–H groups in total. The van der Waals surface area contributed by atoms with E-state index in [1.54, 1.807) is 6.07 Å². The number of halogens is 2. The number of amides is 1. The quantitative estimate of drug-likeness (QED) is 0.639. The van der Waals surface area contributed by atoms with Gasteiger partial charge in [0.15, 0.2) is 0 Å². The summed E-state index contributed by atoms with van der Waals surface area (Å²) in [5, 5.41) is 16.8. The normalized spacial score (nSPS) is 15.0. The molecule has 1 aliphatic rings. The maximum Gasteiger partial charge on any atom is 0.259 e. The number of hydrogen-bond donors (Lipinski definition) is 3. The van der Waals surface area contributed by atoms with Crippen LogP contribution in [0, 0.1) is 0 Å². The highest BCUT2D eigenvalue weighted by Crippen LogP contribution is 2.29. The first-order valence-corrected chi connectivity index (χ1v) is 9.14. The Balaban J connectivity index is 1.70. The van der Waals surface area contributed by atoms with E-state index in [1.165, 1.54) is 50.3 Å². The molecular formula is C19H20Cl2N2O2. The van der Waals surface area contributed by atoms with E-state index in [9.17, 15) is 9.90 Å². The number of carbonyl (C=O) groups excluding carboxylic acids is 1. The molecule has 2 aromatic rings. The molecule has 2 aromatic carbocycles. The Hall–Kier alpha value is -1.91. The molecule has 6 heteroatoms. The SMILES string of the molecule is O=C(Nc1ccc(NC2CCCCC2)cc1Cl)c1cc(Cl)ccc1O. The first kappa shape index (κ1) is 17.9. The molecule has 0 saturated heterocycles. The number of phenols is 1. The second-order valence-electron chi connectivity index (χ2n) is 6.29. The van der Waals surface area contributed by atoms with Crippen LogP contribution in [0.2, 0.25) is 10.0 Å². The van der Waals surface area contributed by atoms with Gasteiger partial charge in [-0.15, -0.1) is 0 Å². The zero-order valence-corrected chi connectivity index (χ0v) is 15.2. The Kier molecular flexibility index (Phi) is 5.71. The lowest BCUT2D eigenvalue weighted by Gasteiger charge is -2.24. The summed E-state index contributed by atoms with van der Waals surface area (Å²) in [6.45, 7) is 0. The van der Waals surface area contributed by atoms with Crippen molar-refractivity contribution in [1.82, 2.24) is 0 Å². The van der Waals surface area contributed by atoms with Crippen molar-refractivity contribution >= 4 is 40.5 Å². The molecular weight excluding hydrogens is 359 g/mol. The van der Waals surface area contributed by atoms with Gasteiger partial charge >= 0.3 is 0 Å². The number of rotatable bonds is 4. The van der Waals surface area contributed by atoms with Crippen LogP contribution in [0.1, 0.15) is 42.5 Å². The molecule has 0 aliphatic heterocycles. The third-order valence-electron chi connectivity index (χ3n) is 4.40. The summed E-state index contributed by atoms with van der Waals surface area (Å²) in [4.78, 5) is 12.3. The molecule has 1 fully saturated rings. The Bertz CT molecular complexity index is 774. The predicted octanol–water partition coefficient (Wildman–Crippen LogP) is 5.70. The van der Waals surface area contributed by atoms with E-state index in [1.807, 2.05) is 12.1 Å². The standard InChI is InChI=1S/C19H20Cl2N2O2/c20-12-6-9-18(24)15(10-12)19(25)23-17-8-7-14(11-16(17)21)22-13-4-2-1-3-5-13/h6-11,13,22,24H,1-5H2,(H,23,25). The van der Waals surface area contributed by atoms with Gasteiger partial charge in [0.25, 0.3) is 5.91 Å². The summed E-state index contributed by atoms with van der Waals surface area (Å²) >= 11 is 12.2. The molecule has 0 unspecified atom stereocenters. The summed E-state index contributed by atoms with van der Waals surface area (Å²) in [5.41, 5.74) is 1.54. The Morgan fingerprint density at radius 2 is 1.80 bits per heavy atom. The van der Waals surface area contributed by atoms with Gasteiger partial charge in [-0.1, -0.05) is 42.5 Å². The fourth-order valence-corrected chi connectivity index (χ4v) is 3.47. The zero-order valence-electron chi connectivity index (χ0n) is 13.7. The van der Waals surface area contributed by atoms with Gasteiger partial charge in [0, 0.05) is 16.8 Å². The van der Waals surface area contributed by atoms with Crippen molar-refractivity contribution in [2.24, 2.45) is 0 Å². The zero-order chi connectivity index (χ0) is 17.8. The lowest BCUT2D eigenvalue weighted by atomic mass is 9.95. The van der Waals surface area contributed by atoms with Gasteiger partial charge in [-0.25, -0.2) is 0 Å². The molecule has 132 valence electrons. The minimum absolute atomic E-state index is 0.105. The Morgan fingerprint density at radius 3 is 2.52 bits per heavy atom. The highest BCUT2D eigenvalue weighted by molar-refractivity contribution is 6.34. The van der Waals surface area contributed by atoms with Crippen molar-refractivity contribution in [3.05, 3.63) is 52.0 Å². The maximum absolute atomic E-state index is 12.3. The monoisotopic (exact) mass is 378 g/mol. The number of aromatic hydroxyl groups is 1. The number of nitrogens with one attached hydrogen (secondary N) is 2. The third-order valence-corrected chi connectivity index (χ3v) is 4.94. The number of anilines is 2. The number of benzene rings is 2. The molecule has 0 aromatic heterocycles. The summed E-state index contributed by atoms with van der Waals surface area (Å²) in [5.74, 6) is -0.594. The summed E-state index contributed by atoms with van der Waals surface area (Å²) in [6.07, 6.45) is 6.15. The molecule has 1 saturated carbocycles. The molecule has 0 atom stereocenters. The molecule has 3 rings (SSSR count). The van der Waals surface area contributed by atoms with E-state index in [0.29, 0.717) is 21.8 Å². The third kappa shape index (κ3) is 4.59.